The molecule has 3 rings (SSSR count). The Hall–Kier alpha value is -1.60. The molecule has 0 amide bonds. The Kier molecular flexibility index (Phi) is 6.30. The normalized spacial score (nSPS) is 19.6. The van der Waals surface area contributed by atoms with Gasteiger partial charge < -0.3 is 4.74 Å². The highest BCUT2D eigenvalue weighted by atomic mass is 79.9. The lowest BCUT2D eigenvalue weighted by molar-refractivity contribution is -0.147. The molecule has 2 aromatic carbocycles. The van der Waals surface area contributed by atoms with Crippen LogP contribution >= 0.6 is 31.9 Å². The van der Waals surface area contributed by atoms with Crippen LogP contribution in [0, 0.1) is 41.6 Å². The Balaban J connectivity index is 1.78. The molecule has 0 aliphatic heterocycles. The molecule has 154 valence electrons. The molecule has 0 bridgehead atoms. The van der Waals surface area contributed by atoms with Gasteiger partial charge in [-0.3, -0.25) is 4.79 Å². The van der Waals surface area contributed by atoms with Crippen LogP contribution in [0.15, 0.2) is 39.8 Å². The number of benzene rings is 2. The Morgan fingerprint density at radius 1 is 1.17 bits per heavy atom. The van der Waals surface area contributed by atoms with Crippen molar-refractivity contribution in [3.63, 3.8) is 0 Å². The fourth-order valence-corrected chi connectivity index (χ4v) is 4.25. The van der Waals surface area contributed by atoms with Crippen LogP contribution in [0.25, 0.3) is 11.1 Å². The predicted molar refractivity (Wildman–Crippen MR) is 113 cm³/mol. The van der Waals surface area contributed by atoms with Crippen molar-refractivity contribution in [3.8, 4) is 11.1 Å². The van der Waals surface area contributed by atoms with Gasteiger partial charge in [0.15, 0.2) is 17.5 Å². The Morgan fingerprint density at radius 3 is 2.38 bits per heavy atom. The highest BCUT2D eigenvalue weighted by Crippen LogP contribution is 2.60. The van der Waals surface area contributed by atoms with Gasteiger partial charge in [0.05, 0.1) is 9.31 Å². The van der Waals surface area contributed by atoms with Crippen LogP contribution in [0.1, 0.15) is 25.0 Å². The Morgan fingerprint density at radius 2 is 1.79 bits per heavy atom. The molecular formula is C22H19Br2F3O2. The van der Waals surface area contributed by atoms with Gasteiger partial charge in [-0.15, -0.1) is 0 Å². The molecule has 1 fully saturated rings. The van der Waals surface area contributed by atoms with Gasteiger partial charge in [0.1, 0.15) is 6.61 Å². The first kappa shape index (κ1) is 22.1. The first-order valence-electron chi connectivity index (χ1n) is 8.97. The summed E-state index contributed by atoms with van der Waals surface area (Å²) < 4.78 is 46.8. The molecule has 2 unspecified atom stereocenters. The van der Waals surface area contributed by atoms with Crippen molar-refractivity contribution in [2.45, 2.75) is 27.4 Å². The number of ether oxygens (including phenoxy) is 1. The van der Waals surface area contributed by atoms with Crippen molar-refractivity contribution in [1.29, 1.82) is 0 Å². The van der Waals surface area contributed by atoms with E-state index in [-0.39, 0.29) is 35.4 Å². The SMILES string of the molecule is Cc1c(COC(=O)C2C(C=C(Br)Br)C2(C)C)cccc1-c1cc(F)c(F)c(F)c1. The number of rotatable bonds is 5. The molecule has 0 N–H and O–H groups in total. The molecule has 2 atom stereocenters. The van der Waals surface area contributed by atoms with Crippen molar-refractivity contribution in [2.75, 3.05) is 0 Å². The van der Waals surface area contributed by atoms with Gasteiger partial charge in [-0.25, -0.2) is 13.2 Å². The van der Waals surface area contributed by atoms with Crippen LogP contribution in [-0.2, 0) is 16.1 Å². The summed E-state index contributed by atoms with van der Waals surface area (Å²) in [6, 6.07) is 7.09. The van der Waals surface area contributed by atoms with Crippen LogP contribution in [0.2, 0.25) is 0 Å². The fraction of sp³-hybridized carbons (Fsp3) is 0.318. The number of carbonyl (C=O) groups excluding carboxylic acids is 1. The number of hydrogen-bond donors (Lipinski definition) is 0. The Labute approximate surface area is 184 Å². The zero-order chi connectivity index (χ0) is 21.5. The molecule has 0 aromatic heterocycles. The van der Waals surface area contributed by atoms with Crippen molar-refractivity contribution in [3.05, 3.63) is 68.4 Å². The van der Waals surface area contributed by atoms with Gasteiger partial charge in [-0.1, -0.05) is 38.1 Å². The molecule has 1 saturated carbocycles. The topological polar surface area (TPSA) is 26.3 Å². The van der Waals surface area contributed by atoms with E-state index in [1.807, 2.05) is 19.9 Å². The van der Waals surface area contributed by atoms with Crippen molar-refractivity contribution in [1.82, 2.24) is 0 Å². The summed E-state index contributed by atoms with van der Waals surface area (Å²) >= 11 is 6.64. The van der Waals surface area contributed by atoms with Crippen LogP contribution in [-0.4, -0.2) is 5.97 Å². The lowest BCUT2D eigenvalue weighted by atomic mass is 9.96. The minimum absolute atomic E-state index is 0.0448. The second-order valence-corrected chi connectivity index (χ2v) is 10.5. The first-order valence-corrected chi connectivity index (χ1v) is 10.6. The monoisotopic (exact) mass is 530 g/mol. The number of esters is 1. The number of carbonyl (C=O) groups is 1. The average Bonchev–Trinajstić information content (AvgIpc) is 3.17. The van der Waals surface area contributed by atoms with E-state index in [0.29, 0.717) is 16.7 Å². The van der Waals surface area contributed by atoms with E-state index in [4.69, 9.17) is 4.74 Å². The minimum atomic E-state index is -1.50. The second kappa shape index (κ2) is 8.26. The third kappa shape index (κ3) is 4.45. The maximum Gasteiger partial charge on any atom is 0.310 e. The number of allylic oxidation sites excluding steroid dienone is 1. The lowest BCUT2D eigenvalue weighted by Crippen LogP contribution is -2.11. The van der Waals surface area contributed by atoms with E-state index >= 15 is 0 Å². The van der Waals surface area contributed by atoms with Crippen LogP contribution in [0.3, 0.4) is 0 Å². The maximum atomic E-state index is 13.6. The van der Waals surface area contributed by atoms with Gasteiger partial charge in [0, 0.05) is 0 Å². The van der Waals surface area contributed by atoms with Crippen molar-refractivity contribution in [2.24, 2.45) is 17.3 Å². The standard InChI is InChI=1S/C22H19Br2F3O2/c1-11-12(10-29-21(28)19-15(9-18(23)24)22(19,2)3)5-4-6-14(11)13-7-16(25)20(27)17(26)8-13/h4-9,15,19H,10H2,1-3H3. The summed E-state index contributed by atoms with van der Waals surface area (Å²) in [6.45, 7) is 5.83. The summed E-state index contributed by atoms with van der Waals surface area (Å²) in [4.78, 5) is 12.6. The molecule has 2 aromatic rings. The molecule has 1 aliphatic carbocycles. The molecule has 29 heavy (non-hydrogen) atoms. The van der Waals surface area contributed by atoms with Crippen LogP contribution in [0.5, 0.6) is 0 Å². The van der Waals surface area contributed by atoms with E-state index in [9.17, 15) is 18.0 Å². The summed E-state index contributed by atoms with van der Waals surface area (Å²) in [6.07, 6.45) is 1.94. The van der Waals surface area contributed by atoms with Crippen LogP contribution in [0.4, 0.5) is 13.2 Å². The summed E-state index contributed by atoms with van der Waals surface area (Å²) in [7, 11) is 0. The molecule has 2 nitrogen and oxygen atoms in total. The number of hydrogen-bond acceptors (Lipinski definition) is 2. The summed E-state index contributed by atoms with van der Waals surface area (Å²) in [5, 5.41) is 0. The third-order valence-electron chi connectivity index (χ3n) is 5.58. The largest absolute Gasteiger partial charge is 0.461 e. The summed E-state index contributed by atoms with van der Waals surface area (Å²) in [5.74, 6) is -4.45. The molecule has 0 saturated heterocycles. The average molecular weight is 532 g/mol. The molecule has 7 heteroatoms. The van der Waals surface area contributed by atoms with Crippen LogP contribution < -0.4 is 0 Å². The second-order valence-electron chi connectivity index (χ2n) is 7.73. The van der Waals surface area contributed by atoms with E-state index in [1.165, 1.54) is 0 Å². The zero-order valence-electron chi connectivity index (χ0n) is 16.0. The van der Waals surface area contributed by atoms with Crippen molar-refractivity contribution < 1.29 is 22.7 Å². The van der Waals surface area contributed by atoms with E-state index in [2.05, 4.69) is 31.9 Å². The minimum Gasteiger partial charge on any atom is -0.461 e. The van der Waals surface area contributed by atoms with E-state index in [0.717, 1.165) is 15.5 Å². The van der Waals surface area contributed by atoms with Gasteiger partial charge >= 0.3 is 5.97 Å². The van der Waals surface area contributed by atoms with Gasteiger partial charge in [-0.2, -0.15) is 0 Å². The highest BCUT2D eigenvalue weighted by Gasteiger charge is 2.61. The maximum absolute atomic E-state index is 13.6. The first-order chi connectivity index (χ1) is 13.5. The molecule has 0 heterocycles. The van der Waals surface area contributed by atoms with Gasteiger partial charge in [-0.05, 0) is 84.5 Å². The highest BCUT2D eigenvalue weighted by molar-refractivity contribution is 9.28. The third-order valence-corrected chi connectivity index (χ3v) is 6.11. The smallest absolute Gasteiger partial charge is 0.310 e. The Bertz CT molecular complexity index is 975. The van der Waals surface area contributed by atoms with Crippen molar-refractivity contribution >= 4 is 37.8 Å². The quantitative estimate of drug-likeness (QED) is 0.306. The molecule has 0 radical (unpaired) electrons. The van der Waals surface area contributed by atoms with Gasteiger partial charge in [0.2, 0.25) is 0 Å². The number of halogens is 5. The zero-order valence-corrected chi connectivity index (χ0v) is 19.2. The van der Waals surface area contributed by atoms with E-state index < -0.39 is 17.5 Å². The fourth-order valence-electron chi connectivity index (χ4n) is 3.68. The molecule has 1 aliphatic rings. The predicted octanol–water partition coefficient (Wildman–Crippen LogP) is 7.03. The molecule has 0 spiro atoms. The lowest BCUT2D eigenvalue weighted by Gasteiger charge is -2.13. The molecular weight excluding hydrogens is 513 g/mol. The van der Waals surface area contributed by atoms with E-state index in [1.54, 1.807) is 25.1 Å². The summed E-state index contributed by atoms with van der Waals surface area (Å²) in [5.41, 5.74) is 2.01. The van der Waals surface area contributed by atoms with Gasteiger partial charge in [0.25, 0.3) is 0 Å².